The fourth-order valence-electron chi connectivity index (χ4n) is 5.90. The van der Waals surface area contributed by atoms with Crippen molar-refractivity contribution in [3.05, 3.63) is 41.5 Å². The molecule has 0 saturated heterocycles. The summed E-state index contributed by atoms with van der Waals surface area (Å²) in [5.74, 6) is 4.08. The second-order valence-electron chi connectivity index (χ2n) is 10.8. The van der Waals surface area contributed by atoms with Gasteiger partial charge in [0, 0.05) is 0 Å². The van der Waals surface area contributed by atoms with Crippen molar-refractivity contribution in [1.29, 1.82) is 0 Å². The van der Waals surface area contributed by atoms with Crippen molar-refractivity contribution < 1.29 is 4.74 Å². The minimum absolute atomic E-state index is 0.855. The monoisotopic (exact) mass is 438 g/mol. The van der Waals surface area contributed by atoms with E-state index in [1.54, 1.807) is 5.57 Å². The fraction of sp³-hybridized carbons (Fsp3) is 0.742. The van der Waals surface area contributed by atoms with Crippen LogP contribution in [0.4, 0.5) is 0 Å². The van der Waals surface area contributed by atoms with Gasteiger partial charge in [-0.25, -0.2) is 0 Å². The molecule has 0 radical (unpaired) electrons. The maximum absolute atomic E-state index is 5.89. The van der Waals surface area contributed by atoms with E-state index in [-0.39, 0.29) is 0 Å². The molecule has 1 unspecified atom stereocenters. The van der Waals surface area contributed by atoms with E-state index in [1.807, 2.05) is 0 Å². The van der Waals surface area contributed by atoms with Crippen LogP contribution in [-0.2, 0) is 6.42 Å². The molecule has 1 atom stereocenters. The molecule has 1 heteroatoms. The van der Waals surface area contributed by atoms with Gasteiger partial charge in [0.25, 0.3) is 0 Å². The Bertz CT molecular complexity index is 635. The molecule has 0 bridgehead atoms. The molecule has 1 nitrogen and oxygen atoms in total. The maximum Gasteiger partial charge on any atom is 0.119 e. The lowest BCUT2D eigenvalue weighted by Crippen LogP contribution is -2.16. The SMILES string of the molecule is CCCCCCOc1ccc(CCC2=CCC(CC[C@H]3CC[C@H](CCC)CC3)CC2)cc1. The minimum Gasteiger partial charge on any atom is -0.494 e. The molecule has 0 aromatic heterocycles. The quantitative estimate of drug-likeness (QED) is 0.207. The zero-order chi connectivity index (χ0) is 22.4. The third kappa shape index (κ3) is 9.32. The lowest BCUT2D eigenvalue weighted by molar-refractivity contribution is 0.236. The number of ether oxygens (including phenoxy) is 1. The van der Waals surface area contributed by atoms with Crippen molar-refractivity contribution in [2.75, 3.05) is 6.61 Å². The topological polar surface area (TPSA) is 9.23 Å². The van der Waals surface area contributed by atoms with Crippen LogP contribution in [0, 0.1) is 17.8 Å². The van der Waals surface area contributed by atoms with E-state index in [4.69, 9.17) is 4.74 Å². The van der Waals surface area contributed by atoms with E-state index in [1.165, 1.54) is 115 Å². The largest absolute Gasteiger partial charge is 0.494 e. The number of hydrogen-bond acceptors (Lipinski definition) is 1. The normalized spacial score (nSPS) is 23.7. The molecule has 0 spiro atoms. The fourth-order valence-corrected chi connectivity index (χ4v) is 5.90. The molecule has 1 aromatic rings. The van der Waals surface area contributed by atoms with E-state index >= 15 is 0 Å². The Morgan fingerprint density at radius 2 is 1.44 bits per heavy atom. The van der Waals surface area contributed by atoms with Gasteiger partial charge in [-0.3, -0.25) is 0 Å². The smallest absolute Gasteiger partial charge is 0.119 e. The lowest BCUT2D eigenvalue weighted by Gasteiger charge is -2.30. The van der Waals surface area contributed by atoms with E-state index in [2.05, 4.69) is 44.2 Å². The molecule has 2 aliphatic rings. The summed E-state index contributed by atoms with van der Waals surface area (Å²) in [7, 11) is 0. The number of allylic oxidation sites excluding steroid dienone is 2. The highest BCUT2D eigenvalue weighted by molar-refractivity contribution is 5.28. The zero-order valence-corrected chi connectivity index (χ0v) is 21.3. The molecule has 0 N–H and O–H groups in total. The predicted molar refractivity (Wildman–Crippen MR) is 139 cm³/mol. The highest BCUT2D eigenvalue weighted by atomic mass is 16.5. The van der Waals surface area contributed by atoms with Crippen molar-refractivity contribution >= 4 is 0 Å². The molecule has 0 aliphatic heterocycles. The van der Waals surface area contributed by atoms with Crippen LogP contribution in [0.3, 0.4) is 0 Å². The van der Waals surface area contributed by atoms with Gasteiger partial charge in [0.2, 0.25) is 0 Å². The highest BCUT2D eigenvalue weighted by Crippen LogP contribution is 2.36. The zero-order valence-electron chi connectivity index (χ0n) is 21.3. The van der Waals surface area contributed by atoms with Crippen molar-refractivity contribution in [3.8, 4) is 5.75 Å². The molecular weight excluding hydrogens is 388 g/mol. The van der Waals surface area contributed by atoms with Crippen LogP contribution < -0.4 is 4.74 Å². The average Bonchev–Trinajstić information content (AvgIpc) is 2.84. The summed E-state index contributed by atoms with van der Waals surface area (Å²) in [6.45, 7) is 5.45. The Morgan fingerprint density at radius 3 is 2.09 bits per heavy atom. The first-order valence-corrected chi connectivity index (χ1v) is 14.2. The Morgan fingerprint density at radius 1 is 0.719 bits per heavy atom. The molecular formula is C31H50O. The van der Waals surface area contributed by atoms with Crippen LogP contribution >= 0.6 is 0 Å². The molecule has 1 fully saturated rings. The summed E-state index contributed by atoms with van der Waals surface area (Å²) < 4.78 is 5.89. The Kier molecular flexibility index (Phi) is 11.8. The number of unbranched alkanes of at least 4 members (excludes halogenated alkanes) is 3. The van der Waals surface area contributed by atoms with E-state index in [0.717, 1.165) is 30.1 Å². The molecule has 32 heavy (non-hydrogen) atoms. The lowest BCUT2D eigenvalue weighted by atomic mass is 9.76. The van der Waals surface area contributed by atoms with Gasteiger partial charge < -0.3 is 4.74 Å². The molecule has 2 aliphatic carbocycles. The summed E-state index contributed by atoms with van der Waals surface area (Å²) in [6.07, 6.45) is 26.1. The Labute approximate surface area is 199 Å². The van der Waals surface area contributed by atoms with Crippen LogP contribution in [0.15, 0.2) is 35.9 Å². The first-order chi connectivity index (χ1) is 15.8. The van der Waals surface area contributed by atoms with Gasteiger partial charge >= 0.3 is 0 Å². The number of aryl methyl sites for hydroxylation is 1. The second-order valence-corrected chi connectivity index (χ2v) is 10.8. The van der Waals surface area contributed by atoms with Crippen LogP contribution in [-0.4, -0.2) is 6.61 Å². The third-order valence-corrected chi connectivity index (χ3v) is 8.18. The van der Waals surface area contributed by atoms with Crippen molar-refractivity contribution in [3.63, 3.8) is 0 Å². The van der Waals surface area contributed by atoms with Gasteiger partial charge in [-0.2, -0.15) is 0 Å². The Balaban J connectivity index is 1.28. The van der Waals surface area contributed by atoms with Gasteiger partial charge in [-0.15, -0.1) is 0 Å². The van der Waals surface area contributed by atoms with Crippen LogP contribution in [0.25, 0.3) is 0 Å². The van der Waals surface area contributed by atoms with Gasteiger partial charge in [0.05, 0.1) is 6.61 Å². The molecule has 1 saturated carbocycles. The molecule has 0 amide bonds. The summed E-state index contributed by atoms with van der Waals surface area (Å²) in [5.41, 5.74) is 3.16. The van der Waals surface area contributed by atoms with Gasteiger partial charge in [-0.1, -0.05) is 102 Å². The van der Waals surface area contributed by atoms with E-state index in [9.17, 15) is 0 Å². The molecule has 180 valence electrons. The second kappa shape index (κ2) is 14.8. The summed E-state index contributed by atoms with van der Waals surface area (Å²) in [5, 5.41) is 0. The van der Waals surface area contributed by atoms with Crippen molar-refractivity contribution in [1.82, 2.24) is 0 Å². The average molecular weight is 439 g/mol. The van der Waals surface area contributed by atoms with E-state index in [0.29, 0.717) is 0 Å². The summed E-state index contributed by atoms with van der Waals surface area (Å²) >= 11 is 0. The number of hydrogen-bond donors (Lipinski definition) is 0. The standard InChI is InChI=1S/C31H50O/c1-3-5-6-7-25-32-31-23-21-30(22-24-31)20-19-29-17-15-28(16-18-29)14-13-27-11-9-26(8-4-2)10-12-27/h17,21-24,26-28H,3-16,18-20,25H2,1-2H3/t26-,27-,28?. The molecule has 1 aromatic carbocycles. The molecule has 3 rings (SSSR count). The van der Waals surface area contributed by atoms with Crippen LogP contribution in [0.1, 0.15) is 122 Å². The van der Waals surface area contributed by atoms with Gasteiger partial charge in [-0.05, 0) is 80.4 Å². The highest BCUT2D eigenvalue weighted by Gasteiger charge is 2.22. The summed E-state index contributed by atoms with van der Waals surface area (Å²) in [4.78, 5) is 0. The van der Waals surface area contributed by atoms with Gasteiger partial charge in [0.15, 0.2) is 0 Å². The van der Waals surface area contributed by atoms with Crippen LogP contribution in [0.5, 0.6) is 5.75 Å². The van der Waals surface area contributed by atoms with Crippen molar-refractivity contribution in [2.24, 2.45) is 17.8 Å². The molecule has 0 heterocycles. The Hall–Kier alpha value is -1.24. The van der Waals surface area contributed by atoms with Crippen LogP contribution in [0.2, 0.25) is 0 Å². The first-order valence-electron chi connectivity index (χ1n) is 14.2. The number of benzene rings is 1. The first kappa shape index (κ1) is 25.4. The number of rotatable bonds is 14. The third-order valence-electron chi connectivity index (χ3n) is 8.18. The minimum atomic E-state index is 0.855. The predicted octanol–water partition coefficient (Wildman–Crippen LogP) is 9.69. The van der Waals surface area contributed by atoms with Crippen molar-refractivity contribution in [2.45, 2.75) is 123 Å². The van der Waals surface area contributed by atoms with E-state index < -0.39 is 0 Å². The maximum atomic E-state index is 5.89. The summed E-state index contributed by atoms with van der Waals surface area (Å²) in [6, 6.07) is 8.86. The van der Waals surface area contributed by atoms with Gasteiger partial charge in [0.1, 0.15) is 5.75 Å².